The minimum Gasteiger partial charge on any atom is -0.321 e. The number of benzene rings is 3. The summed E-state index contributed by atoms with van der Waals surface area (Å²) in [5.41, 5.74) is 2.88. The Morgan fingerprint density at radius 3 is 2.41 bits per heavy atom. The van der Waals surface area contributed by atoms with Crippen molar-refractivity contribution in [1.82, 2.24) is 0 Å². The lowest BCUT2D eigenvalue weighted by atomic mass is 10.1. The first kappa shape index (κ1) is 23.9. The summed E-state index contributed by atoms with van der Waals surface area (Å²) in [7, 11) is 0. The molecular formula is C26H19Cl2N3O2S. The zero-order valence-electron chi connectivity index (χ0n) is 18.1. The second-order valence-electron chi connectivity index (χ2n) is 7.70. The highest BCUT2D eigenvalue weighted by atomic mass is 35.5. The summed E-state index contributed by atoms with van der Waals surface area (Å²) in [5.74, 6) is -0.795. The molecule has 1 fully saturated rings. The lowest BCUT2D eigenvalue weighted by Crippen LogP contribution is -2.30. The fourth-order valence-corrected chi connectivity index (χ4v) is 5.17. The first-order valence-corrected chi connectivity index (χ1v) is 12.0. The van der Waals surface area contributed by atoms with E-state index in [1.54, 1.807) is 30.3 Å². The molecule has 0 radical (unpaired) electrons. The maximum atomic E-state index is 13.5. The van der Waals surface area contributed by atoms with Gasteiger partial charge in [0, 0.05) is 21.4 Å². The second-order valence-corrected chi connectivity index (χ2v) is 9.77. The molecule has 1 aliphatic heterocycles. The molecule has 0 saturated carbocycles. The topological polar surface area (TPSA) is 73.2 Å². The largest absolute Gasteiger partial charge is 0.321 e. The number of carbonyl (C=O) groups is 2. The van der Waals surface area contributed by atoms with Crippen molar-refractivity contribution in [1.29, 1.82) is 5.26 Å². The van der Waals surface area contributed by atoms with Crippen LogP contribution in [-0.4, -0.2) is 17.1 Å². The Hall–Kier alpha value is -3.24. The molecule has 5 nitrogen and oxygen atoms in total. The van der Waals surface area contributed by atoms with E-state index in [1.807, 2.05) is 55.5 Å². The standard InChI is InChI=1S/C26H19Cl2N3O2S/c1-16-5-11-21(12-6-16)31-25(33)23(14-17-3-2-4-19(28)13-17)34-26(31)22(15-29)24(32)30-20-9-7-18(27)8-10-20/h2-13,23H,14H2,1H3,(H,30,32)/b26-22+/t23-/m0/s1. The Morgan fingerprint density at radius 2 is 1.76 bits per heavy atom. The van der Waals surface area contributed by atoms with Crippen molar-refractivity contribution >= 4 is 58.2 Å². The maximum absolute atomic E-state index is 13.5. The number of nitriles is 1. The molecule has 3 aromatic rings. The van der Waals surface area contributed by atoms with Gasteiger partial charge in [-0.2, -0.15) is 5.26 Å². The third-order valence-electron chi connectivity index (χ3n) is 5.21. The fraction of sp³-hybridized carbons (Fsp3) is 0.115. The number of anilines is 2. The minimum atomic E-state index is -0.597. The van der Waals surface area contributed by atoms with E-state index in [1.165, 1.54) is 16.7 Å². The van der Waals surface area contributed by atoms with Crippen molar-refractivity contribution in [2.75, 3.05) is 10.2 Å². The summed E-state index contributed by atoms with van der Waals surface area (Å²) in [5, 5.41) is 13.5. The Labute approximate surface area is 212 Å². The lowest BCUT2D eigenvalue weighted by molar-refractivity contribution is -0.117. The highest BCUT2D eigenvalue weighted by Crippen LogP contribution is 2.42. The van der Waals surface area contributed by atoms with Crippen LogP contribution in [0.2, 0.25) is 10.0 Å². The molecule has 0 spiro atoms. The molecule has 4 rings (SSSR count). The molecule has 1 atom stereocenters. The summed E-state index contributed by atoms with van der Waals surface area (Å²) in [4.78, 5) is 28.0. The summed E-state index contributed by atoms with van der Waals surface area (Å²) < 4.78 is 0. The third kappa shape index (κ3) is 5.28. The SMILES string of the molecule is Cc1ccc(N2C(=O)[C@H](Cc3cccc(Cl)c3)S/C2=C(\C#N)C(=O)Nc2ccc(Cl)cc2)cc1. The van der Waals surface area contributed by atoms with Gasteiger partial charge in [-0.15, -0.1) is 0 Å². The zero-order valence-corrected chi connectivity index (χ0v) is 20.4. The van der Waals surface area contributed by atoms with Crippen LogP contribution >= 0.6 is 35.0 Å². The molecule has 0 aliphatic carbocycles. The van der Waals surface area contributed by atoms with Crippen LogP contribution in [0.25, 0.3) is 0 Å². The monoisotopic (exact) mass is 507 g/mol. The summed E-state index contributed by atoms with van der Waals surface area (Å²) in [6.07, 6.45) is 0.410. The average Bonchev–Trinajstić information content (AvgIpc) is 3.12. The van der Waals surface area contributed by atoms with Gasteiger partial charge in [-0.1, -0.05) is 64.8 Å². The Balaban J connectivity index is 1.72. The predicted molar refractivity (Wildman–Crippen MR) is 138 cm³/mol. The van der Waals surface area contributed by atoms with E-state index in [0.29, 0.717) is 32.9 Å². The molecule has 8 heteroatoms. The van der Waals surface area contributed by atoms with E-state index in [0.717, 1.165) is 11.1 Å². The molecule has 3 aromatic carbocycles. The number of amides is 2. The highest BCUT2D eigenvalue weighted by molar-refractivity contribution is 8.05. The number of nitrogens with one attached hydrogen (secondary N) is 1. The van der Waals surface area contributed by atoms with Crippen molar-refractivity contribution in [3.8, 4) is 6.07 Å². The van der Waals surface area contributed by atoms with Crippen LogP contribution in [0.4, 0.5) is 11.4 Å². The van der Waals surface area contributed by atoms with E-state index >= 15 is 0 Å². The average molecular weight is 508 g/mol. The molecule has 170 valence electrons. The van der Waals surface area contributed by atoms with Gasteiger partial charge in [0.05, 0.1) is 5.25 Å². The van der Waals surface area contributed by atoms with Gasteiger partial charge in [-0.05, 0) is 67.4 Å². The predicted octanol–water partition coefficient (Wildman–Crippen LogP) is 6.37. The molecule has 0 unspecified atom stereocenters. The Bertz CT molecular complexity index is 1320. The molecule has 1 aliphatic rings. The van der Waals surface area contributed by atoms with Crippen molar-refractivity contribution in [2.24, 2.45) is 0 Å². The van der Waals surface area contributed by atoms with E-state index in [2.05, 4.69) is 5.32 Å². The number of carbonyl (C=O) groups excluding carboxylic acids is 2. The summed E-state index contributed by atoms with van der Waals surface area (Å²) >= 11 is 13.2. The van der Waals surface area contributed by atoms with Crippen molar-refractivity contribution < 1.29 is 9.59 Å². The quantitative estimate of drug-likeness (QED) is 0.321. The van der Waals surface area contributed by atoms with E-state index in [4.69, 9.17) is 23.2 Å². The van der Waals surface area contributed by atoms with Crippen LogP contribution in [0.3, 0.4) is 0 Å². The lowest BCUT2D eigenvalue weighted by Gasteiger charge is -2.19. The van der Waals surface area contributed by atoms with Gasteiger partial charge in [0.15, 0.2) is 0 Å². The molecule has 0 aromatic heterocycles. The molecule has 2 amide bonds. The van der Waals surface area contributed by atoms with Gasteiger partial charge in [-0.25, -0.2) is 0 Å². The number of hydrogen-bond donors (Lipinski definition) is 1. The van der Waals surface area contributed by atoms with E-state index in [-0.39, 0.29) is 11.5 Å². The number of hydrogen-bond acceptors (Lipinski definition) is 4. The molecular weight excluding hydrogens is 489 g/mol. The van der Waals surface area contributed by atoms with Crippen LogP contribution in [0.5, 0.6) is 0 Å². The van der Waals surface area contributed by atoms with Crippen LogP contribution in [0, 0.1) is 18.3 Å². The zero-order chi connectivity index (χ0) is 24.2. The Morgan fingerprint density at radius 1 is 1.06 bits per heavy atom. The molecule has 1 saturated heterocycles. The fourth-order valence-electron chi connectivity index (χ4n) is 3.52. The van der Waals surface area contributed by atoms with E-state index in [9.17, 15) is 14.9 Å². The van der Waals surface area contributed by atoms with Gasteiger partial charge in [-0.3, -0.25) is 14.5 Å². The Kier molecular flexibility index (Phi) is 7.28. The van der Waals surface area contributed by atoms with Crippen molar-refractivity contribution in [2.45, 2.75) is 18.6 Å². The van der Waals surface area contributed by atoms with Gasteiger partial charge in [0.1, 0.15) is 16.7 Å². The number of rotatable bonds is 5. The second kappa shape index (κ2) is 10.4. The minimum absolute atomic E-state index is 0.137. The first-order valence-electron chi connectivity index (χ1n) is 10.4. The third-order valence-corrected chi connectivity index (χ3v) is 6.96. The molecule has 34 heavy (non-hydrogen) atoms. The van der Waals surface area contributed by atoms with E-state index < -0.39 is 11.2 Å². The molecule has 0 bridgehead atoms. The van der Waals surface area contributed by atoms with Crippen LogP contribution in [0.15, 0.2) is 83.4 Å². The molecule has 1 heterocycles. The number of thioether (sulfide) groups is 1. The summed E-state index contributed by atoms with van der Waals surface area (Å²) in [6, 6.07) is 23.3. The van der Waals surface area contributed by atoms with Crippen LogP contribution in [-0.2, 0) is 16.0 Å². The van der Waals surface area contributed by atoms with Gasteiger partial charge in [0.25, 0.3) is 5.91 Å². The van der Waals surface area contributed by atoms with Gasteiger partial charge >= 0.3 is 0 Å². The number of halogens is 2. The number of nitrogens with zero attached hydrogens (tertiary/aromatic N) is 2. The van der Waals surface area contributed by atoms with Crippen LogP contribution in [0.1, 0.15) is 11.1 Å². The normalized spacial score (nSPS) is 16.8. The van der Waals surface area contributed by atoms with Crippen molar-refractivity contribution in [3.63, 3.8) is 0 Å². The molecule has 1 N–H and O–H groups in total. The van der Waals surface area contributed by atoms with Gasteiger partial charge in [0.2, 0.25) is 5.91 Å². The van der Waals surface area contributed by atoms with Gasteiger partial charge < -0.3 is 5.32 Å². The van der Waals surface area contributed by atoms with Crippen LogP contribution < -0.4 is 10.2 Å². The highest BCUT2D eigenvalue weighted by Gasteiger charge is 2.40. The smallest absolute Gasteiger partial charge is 0.269 e. The van der Waals surface area contributed by atoms with Crippen molar-refractivity contribution in [3.05, 3.63) is 105 Å². The number of aryl methyl sites for hydroxylation is 1. The maximum Gasteiger partial charge on any atom is 0.269 e. The summed E-state index contributed by atoms with van der Waals surface area (Å²) in [6.45, 7) is 1.95. The first-order chi connectivity index (χ1) is 16.4.